The number of benzene rings is 1. The Hall–Kier alpha value is -2.40. The van der Waals surface area contributed by atoms with Gasteiger partial charge in [-0.05, 0) is 62.0 Å². The van der Waals surface area contributed by atoms with Crippen molar-refractivity contribution >= 4 is 34.1 Å². The molecule has 1 aromatic carbocycles. The quantitative estimate of drug-likeness (QED) is 0.542. The van der Waals surface area contributed by atoms with Crippen LogP contribution in [0.25, 0.3) is 10.9 Å². The van der Waals surface area contributed by atoms with Gasteiger partial charge in [0, 0.05) is 18.0 Å². The van der Waals surface area contributed by atoms with Gasteiger partial charge in [0.2, 0.25) is 5.95 Å². The number of nitrogens with one attached hydrogen (secondary N) is 1. The summed E-state index contributed by atoms with van der Waals surface area (Å²) in [4.78, 5) is 11.4. The van der Waals surface area contributed by atoms with E-state index in [9.17, 15) is 13.9 Å². The van der Waals surface area contributed by atoms with E-state index in [2.05, 4.69) is 44.3 Å². The van der Waals surface area contributed by atoms with E-state index in [1.54, 1.807) is 6.20 Å². The van der Waals surface area contributed by atoms with E-state index in [1.165, 1.54) is 17.3 Å². The Labute approximate surface area is 206 Å². The van der Waals surface area contributed by atoms with Crippen LogP contribution in [0.1, 0.15) is 42.3 Å². The molecule has 1 saturated carbocycles. The SMILES string of the molecule is Cc1cc2cnc(Nc3cnn(C4CC4(F)F)c3Cl)nc2cc1C1CCN([C@@H]2COCC2O)CC1. The van der Waals surface area contributed by atoms with Gasteiger partial charge in [-0.25, -0.2) is 23.4 Å². The van der Waals surface area contributed by atoms with Crippen LogP contribution in [0.3, 0.4) is 0 Å². The van der Waals surface area contributed by atoms with Crippen LogP contribution in [-0.2, 0) is 4.74 Å². The third-order valence-corrected chi connectivity index (χ3v) is 7.87. The molecule has 35 heavy (non-hydrogen) atoms. The lowest BCUT2D eigenvalue weighted by Crippen LogP contribution is -2.46. The third-order valence-electron chi connectivity index (χ3n) is 7.50. The number of aryl methyl sites for hydroxylation is 1. The minimum absolute atomic E-state index is 0.0948. The largest absolute Gasteiger partial charge is 0.389 e. The van der Waals surface area contributed by atoms with Crippen molar-refractivity contribution in [2.45, 2.75) is 56.2 Å². The molecule has 2 unspecified atom stereocenters. The van der Waals surface area contributed by atoms with Gasteiger partial charge in [0.1, 0.15) is 6.04 Å². The maximum atomic E-state index is 13.4. The van der Waals surface area contributed by atoms with E-state index in [0.717, 1.165) is 41.5 Å². The fraction of sp³-hybridized carbons (Fsp3) is 0.542. The number of hydrogen-bond acceptors (Lipinski definition) is 7. The van der Waals surface area contributed by atoms with Gasteiger partial charge in [-0.3, -0.25) is 4.90 Å². The minimum atomic E-state index is -2.76. The summed E-state index contributed by atoms with van der Waals surface area (Å²) in [5.74, 6) is -2.02. The number of anilines is 2. The Bertz CT molecular complexity index is 1260. The van der Waals surface area contributed by atoms with Crippen molar-refractivity contribution in [1.82, 2.24) is 24.6 Å². The lowest BCUT2D eigenvalue weighted by Gasteiger charge is -2.37. The second-order valence-electron chi connectivity index (χ2n) is 9.84. The molecule has 0 amide bonds. The molecule has 2 saturated heterocycles. The lowest BCUT2D eigenvalue weighted by atomic mass is 9.85. The Morgan fingerprint density at radius 3 is 2.66 bits per heavy atom. The number of hydrogen-bond donors (Lipinski definition) is 2. The zero-order valence-electron chi connectivity index (χ0n) is 19.3. The van der Waals surface area contributed by atoms with Crippen LogP contribution < -0.4 is 5.32 Å². The van der Waals surface area contributed by atoms with Crippen LogP contribution in [-0.4, -0.2) is 74.1 Å². The number of alkyl halides is 2. The average Bonchev–Trinajstić information content (AvgIpc) is 3.11. The molecule has 186 valence electrons. The fourth-order valence-electron chi connectivity index (χ4n) is 5.36. The van der Waals surface area contributed by atoms with E-state index < -0.39 is 18.1 Å². The number of fused-ring (bicyclic) bond motifs is 1. The maximum Gasteiger partial charge on any atom is 0.272 e. The van der Waals surface area contributed by atoms with E-state index >= 15 is 0 Å². The number of aromatic nitrogens is 4. The van der Waals surface area contributed by atoms with Crippen LogP contribution >= 0.6 is 11.6 Å². The summed E-state index contributed by atoms with van der Waals surface area (Å²) in [6, 6.07) is 3.33. The molecule has 3 aromatic rings. The normalized spacial score (nSPS) is 26.9. The van der Waals surface area contributed by atoms with E-state index in [1.807, 2.05) is 0 Å². The summed E-state index contributed by atoms with van der Waals surface area (Å²) in [6.07, 6.45) is 4.52. The molecule has 0 radical (unpaired) electrons. The highest BCUT2D eigenvalue weighted by molar-refractivity contribution is 6.32. The molecular weight excluding hydrogens is 478 g/mol. The predicted octanol–water partition coefficient (Wildman–Crippen LogP) is 4.05. The molecule has 3 aliphatic rings. The number of aliphatic hydroxyl groups excluding tert-OH is 1. The first kappa shape index (κ1) is 23.0. The van der Waals surface area contributed by atoms with Crippen molar-refractivity contribution < 1.29 is 18.6 Å². The molecule has 4 heterocycles. The van der Waals surface area contributed by atoms with Crippen molar-refractivity contribution in [3.63, 3.8) is 0 Å². The topological polar surface area (TPSA) is 88.3 Å². The highest BCUT2D eigenvalue weighted by Gasteiger charge is 2.59. The molecule has 2 N–H and O–H groups in total. The first-order valence-electron chi connectivity index (χ1n) is 11.9. The van der Waals surface area contributed by atoms with Gasteiger partial charge < -0.3 is 15.2 Å². The highest BCUT2D eigenvalue weighted by Crippen LogP contribution is 2.53. The van der Waals surface area contributed by atoms with Crippen molar-refractivity contribution in [1.29, 1.82) is 0 Å². The summed E-state index contributed by atoms with van der Waals surface area (Å²) in [7, 11) is 0. The lowest BCUT2D eigenvalue weighted by molar-refractivity contribution is 0.0663. The van der Waals surface area contributed by atoms with Gasteiger partial charge in [-0.2, -0.15) is 5.10 Å². The smallest absolute Gasteiger partial charge is 0.272 e. The summed E-state index contributed by atoms with van der Waals surface area (Å²) in [6.45, 7) is 4.98. The second-order valence-corrected chi connectivity index (χ2v) is 10.2. The highest BCUT2D eigenvalue weighted by atomic mass is 35.5. The van der Waals surface area contributed by atoms with E-state index in [-0.39, 0.29) is 17.6 Å². The monoisotopic (exact) mass is 504 g/mol. The predicted molar refractivity (Wildman–Crippen MR) is 128 cm³/mol. The van der Waals surface area contributed by atoms with Crippen LogP contribution in [0.5, 0.6) is 0 Å². The summed E-state index contributed by atoms with van der Waals surface area (Å²) >= 11 is 6.29. The molecule has 3 atom stereocenters. The maximum absolute atomic E-state index is 13.4. The number of aliphatic hydroxyl groups is 1. The Kier molecular flexibility index (Phi) is 5.67. The van der Waals surface area contributed by atoms with Crippen LogP contribution in [0.15, 0.2) is 24.5 Å². The zero-order valence-corrected chi connectivity index (χ0v) is 20.0. The first-order valence-corrected chi connectivity index (χ1v) is 12.3. The molecular formula is C24H27ClF2N6O2. The fourth-order valence-corrected chi connectivity index (χ4v) is 5.62. The van der Waals surface area contributed by atoms with E-state index in [0.29, 0.717) is 30.8 Å². The number of piperidine rings is 1. The number of rotatable bonds is 5. The summed E-state index contributed by atoms with van der Waals surface area (Å²) in [5.41, 5.74) is 3.68. The molecule has 11 heteroatoms. The standard InChI is InChI=1S/C24H27ClF2N6O2/c1-13-6-15-9-28-23(31-18-10-29-33(22(18)25)21-8-24(21,26)27)30-17(15)7-16(13)14-2-4-32(5-3-14)19-11-35-12-20(19)34/h6-7,9-10,14,19-21,34H,2-5,8,11-12H2,1H3,(H,28,30,31)/t19-,20?,21?/m1/s1. The van der Waals surface area contributed by atoms with Gasteiger partial charge in [0.15, 0.2) is 5.15 Å². The average molecular weight is 505 g/mol. The second kappa shape index (κ2) is 8.62. The third kappa shape index (κ3) is 4.26. The van der Waals surface area contributed by atoms with Crippen molar-refractivity contribution in [3.8, 4) is 0 Å². The molecule has 1 aliphatic carbocycles. The minimum Gasteiger partial charge on any atom is -0.389 e. The Morgan fingerprint density at radius 1 is 1.20 bits per heavy atom. The number of halogens is 3. The summed E-state index contributed by atoms with van der Waals surface area (Å²) in [5, 5.41) is 18.2. The molecule has 0 spiro atoms. The van der Waals surface area contributed by atoms with Gasteiger partial charge in [0.25, 0.3) is 5.92 Å². The molecule has 0 bridgehead atoms. The Balaban J connectivity index is 1.19. The zero-order chi connectivity index (χ0) is 24.3. The van der Waals surface area contributed by atoms with Crippen LogP contribution in [0.4, 0.5) is 20.4 Å². The first-order chi connectivity index (χ1) is 16.8. The van der Waals surface area contributed by atoms with Gasteiger partial charge >= 0.3 is 0 Å². The molecule has 6 rings (SSSR count). The van der Waals surface area contributed by atoms with Gasteiger partial charge in [-0.15, -0.1) is 0 Å². The molecule has 8 nitrogen and oxygen atoms in total. The van der Waals surface area contributed by atoms with Crippen molar-refractivity contribution in [2.75, 3.05) is 31.6 Å². The molecule has 2 aliphatic heterocycles. The van der Waals surface area contributed by atoms with Crippen LogP contribution in [0, 0.1) is 6.92 Å². The van der Waals surface area contributed by atoms with Gasteiger partial charge in [0.05, 0.1) is 42.8 Å². The number of likely N-dealkylation sites (tertiary alicyclic amines) is 1. The van der Waals surface area contributed by atoms with Crippen molar-refractivity contribution in [3.05, 3.63) is 40.8 Å². The number of nitrogens with zero attached hydrogens (tertiary/aromatic N) is 5. The van der Waals surface area contributed by atoms with E-state index in [4.69, 9.17) is 16.3 Å². The summed E-state index contributed by atoms with van der Waals surface area (Å²) < 4.78 is 33.4. The van der Waals surface area contributed by atoms with Crippen molar-refractivity contribution in [2.24, 2.45) is 0 Å². The number of ether oxygens (including phenoxy) is 1. The molecule has 3 fully saturated rings. The van der Waals surface area contributed by atoms with Crippen LogP contribution in [0.2, 0.25) is 5.15 Å². The molecule has 2 aromatic heterocycles. The van der Waals surface area contributed by atoms with Gasteiger partial charge in [-0.1, -0.05) is 11.6 Å². The Morgan fingerprint density at radius 2 is 1.97 bits per heavy atom.